The highest BCUT2D eigenvalue weighted by Gasteiger charge is 2.17. The van der Waals surface area contributed by atoms with Gasteiger partial charge in [-0.15, -0.1) is 0 Å². The van der Waals surface area contributed by atoms with E-state index in [-0.39, 0.29) is 5.56 Å². The first kappa shape index (κ1) is 13.3. The Morgan fingerprint density at radius 2 is 2.30 bits per heavy atom. The second-order valence-electron chi connectivity index (χ2n) is 5.58. The molecule has 1 aliphatic rings. The van der Waals surface area contributed by atoms with Crippen molar-refractivity contribution in [1.82, 2.24) is 4.98 Å². The number of nitrogens with one attached hydrogen (secondary N) is 1. The Balaban J connectivity index is 1.73. The van der Waals surface area contributed by atoms with Crippen molar-refractivity contribution in [2.45, 2.75) is 32.4 Å². The number of hydrogen-bond donors (Lipinski definition) is 2. The Hall–Kier alpha value is -1.65. The number of pyridine rings is 1. The van der Waals surface area contributed by atoms with Crippen LogP contribution in [-0.4, -0.2) is 24.2 Å². The lowest BCUT2D eigenvalue weighted by molar-refractivity contribution is -0.676. The highest BCUT2D eigenvalue weighted by molar-refractivity contribution is 5.79. The fraction of sp³-hybridized carbons (Fsp3) is 0.438. The summed E-state index contributed by atoms with van der Waals surface area (Å²) in [5.41, 5.74) is 2.97. The zero-order valence-electron chi connectivity index (χ0n) is 11.8. The number of aromatic nitrogens is 1. The van der Waals surface area contributed by atoms with Gasteiger partial charge in [0.15, 0.2) is 0 Å². The maximum absolute atomic E-state index is 12.0. The number of H-pyrrole nitrogens is 1. The van der Waals surface area contributed by atoms with Crippen molar-refractivity contribution in [2.24, 2.45) is 0 Å². The van der Waals surface area contributed by atoms with E-state index in [0.29, 0.717) is 12.6 Å². The van der Waals surface area contributed by atoms with Gasteiger partial charge in [-0.25, -0.2) is 0 Å². The standard InChI is InChI=1S/C16H20N2O2/c1-11-4-5-15-12(7-11)8-13(16(19)18-15)9-17-10-14-3-2-6-20-14/h4-5,7-8,14,17H,2-3,6,9-10H2,1H3,(H,18,19)/p+1/t14-/m1/s1. The van der Waals surface area contributed by atoms with Crippen molar-refractivity contribution in [3.05, 3.63) is 45.7 Å². The topological polar surface area (TPSA) is 58.7 Å². The maximum Gasteiger partial charge on any atom is 0.257 e. The summed E-state index contributed by atoms with van der Waals surface area (Å²) < 4.78 is 5.59. The molecule has 0 amide bonds. The molecule has 0 bridgehead atoms. The summed E-state index contributed by atoms with van der Waals surface area (Å²) in [5.74, 6) is 0. The van der Waals surface area contributed by atoms with E-state index >= 15 is 0 Å². The predicted molar refractivity (Wildman–Crippen MR) is 78.8 cm³/mol. The van der Waals surface area contributed by atoms with Crippen molar-refractivity contribution in [3.63, 3.8) is 0 Å². The number of rotatable bonds is 4. The number of nitrogens with two attached hydrogens (primary N) is 1. The number of aryl methyl sites for hydroxylation is 1. The van der Waals surface area contributed by atoms with Gasteiger partial charge < -0.3 is 15.0 Å². The van der Waals surface area contributed by atoms with Gasteiger partial charge in [-0.3, -0.25) is 4.79 Å². The zero-order chi connectivity index (χ0) is 13.9. The molecule has 1 aromatic carbocycles. The number of quaternary nitrogens is 1. The first-order chi connectivity index (χ1) is 9.72. The molecule has 0 saturated carbocycles. The van der Waals surface area contributed by atoms with E-state index in [9.17, 15) is 4.79 Å². The van der Waals surface area contributed by atoms with Crippen LogP contribution in [0.1, 0.15) is 24.0 Å². The van der Waals surface area contributed by atoms with Crippen LogP contribution in [-0.2, 0) is 11.3 Å². The monoisotopic (exact) mass is 273 g/mol. The van der Waals surface area contributed by atoms with Gasteiger partial charge in [-0.1, -0.05) is 11.6 Å². The summed E-state index contributed by atoms with van der Waals surface area (Å²) in [4.78, 5) is 15.0. The summed E-state index contributed by atoms with van der Waals surface area (Å²) in [6, 6.07) is 8.09. The van der Waals surface area contributed by atoms with E-state index in [1.807, 2.05) is 18.2 Å². The molecule has 4 heteroatoms. The van der Waals surface area contributed by atoms with Crippen molar-refractivity contribution in [3.8, 4) is 0 Å². The molecule has 1 fully saturated rings. The van der Waals surface area contributed by atoms with Crippen molar-refractivity contribution >= 4 is 10.9 Å². The van der Waals surface area contributed by atoms with Gasteiger partial charge in [0.2, 0.25) is 0 Å². The second-order valence-corrected chi connectivity index (χ2v) is 5.58. The largest absolute Gasteiger partial charge is 0.372 e. The molecule has 1 aliphatic heterocycles. The molecule has 1 saturated heterocycles. The van der Waals surface area contributed by atoms with E-state index < -0.39 is 0 Å². The lowest BCUT2D eigenvalue weighted by Gasteiger charge is -2.08. The highest BCUT2D eigenvalue weighted by Crippen LogP contribution is 2.13. The molecular formula is C16H21N2O2+. The van der Waals surface area contributed by atoms with E-state index in [4.69, 9.17) is 4.74 Å². The molecule has 20 heavy (non-hydrogen) atoms. The normalized spacial score (nSPS) is 18.8. The van der Waals surface area contributed by atoms with Gasteiger partial charge in [0, 0.05) is 12.1 Å². The van der Waals surface area contributed by atoms with Gasteiger partial charge in [0.25, 0.3) is 5.56 Å². The van der Waals surface area contributed by atoms with E-state index in [1.165, 1.54) is 5.56 Å². The average molecular weight is 273 g/mol. The third-order valence-electron chi connectivity index (χ3n) is 3.89. The van der Waals surface area contributed by atoms with Crippen molar-refractivity contribution in [2.75, 3.05) is 13.2 Å². The van der Waals surface area contributed by atoms with Crippen LogP contribution < -0.4 is 10.9 Å². The van der Waals surface area contributed by atoms with E-state index in [0.717, 1.165) is 42.5 Å². The van der Waals surface area contributed by atoms with Crippen molar-refractivity contribution in [1.29, 1.82) is 0 Å². The van der Waals surface area contributed by atoms with Gasteiger partial charge in [-0.2, -0.15) is 0 Å². The summed E-state index contributed by atoms with van der Waals surface area (Å²) in [6.07, 6.45) is 2.66. The summed E-state index contributed by atoms with van der Waals surface area (Å²) in [5, 5.41) is 3.27. The Morgan fingerprint density at radius 1 is 1.40 bits per heavy atom. The van der Waals surface area contributed by atoms with E-state index in [1.54, 1.807) is 0 Å². The highest BCUT2D eigenvalue weighted by atomic mass is 16.5. The molecule has 4 nitrogen and oxygen atoms in total. The number of fused-ring (bicyclic) bond motifs is 1. The minimum absolute atomic E-state index is 0.0185. The average Bonchev–Trinajstić information content (AvgIpc) is 2.93. The lowest BCUT2D eigenvalue weighted by atomic mass is 10.1. The number of aromatic amines is 1. The van der Waals surface area contributed by atoms with Crippen LogP contribution >= 0.6 is 0 Å². The third-order valence-corrected chi connectivity index (χ3v) is 3.89. The first-order valence-corrected chi connectivity index (χ1v) is 7.28. The minimum atomic E-state index is 0.0185. The Bertz CT molecular complexity index is 657. The van der Waals surface area contributed by atoms with Crippen LogP contribution in [0, 0.1) is 6.92 Å². The molecule has 1 aromatic heterocycles. The van der Waals surface area contributed by atoms with Crippen LogP contribution in [0.15, 0.2) is 29.1 Å². The second kappa shape index (κ2) is 5.77. The molecule has 0 radical (unpaired) electrons. The smallest absolute Gasteiger partial charge is 0.257 e. The number of ether oxygens (including phenoxy) is 1. The van der Waals surface area contributed by atoms with Crippen molar-refractivity contribution < 1.29 is 10.1 Å². The minimum Gasteiger partial charge on any atom is -0.372 e. The SMILES string of the molecule is Cc1ccc2[nH]c(=O)c(C[NH2+]C[C@H]3CCCO3)cc2c1. The van der Waals surface area contributed by atoms with Crippen LogP contribution in [0.4, 0.5) is 0 Å². The lowest BCUT2D eigenvalue weighted by Crippen LogP contribution is -2.85. The van der Waals surface area contributed by atoms with Crippen LogP contribution in [0.5, 0.6) is 0 Å². The van der Waals surface area contributed by atoms with Crippen LogP contribution in [0.25, 0.3) is 10.9 Å². The number of hydrogen-bond acceptors (Lipinski definition) is 2. The molecule has 0 aliphatic carbocycles. The molecule has 2 aromatic rings. The van der Waals surface area contributed by atoms with Gasteiger partial charge in [0.1, 0.15) is 19.2 Å². The molecule has 1 atom stereocenters. The molecule has 3 rings (SSSR count). The maximum atomic E-state index is 12.0. The first-order valence-electron chi connectivity index (χ1n) is 7.28. The Labute approximate surface area is 118 Å². The summed E-state index contributed by atoms with van der Waals surface area (Å²) >= 11 is 0. The van der Waals surface area contributed by atoms with E-state index in [2.05, 4.69) is 23.3 Å². The number of benzene rings is 1. The molecule has 3 N–H and O–H groups in total. The molecule has 2 heterocycles. The van der Waals surface area contributed by atoms with Crippen LogP contribution in [0.2, 0.25) is 0 Å². The Morgan fingerprint density at radius 3 is 3.10 bits per heavy atom. The predicted octanol–water partition coefficient (Wildman–Crippen LogP) is 1.08. The van der Waals surface area contributed by atoms with Gasteiger partial charge >= 0.3 is 0 Å². The fourth-order valence-corrected chi connectivity index (χ4v) is 2.78. The molecule has 0 spiro atoms. The zero-order valence-corrected chi connectivity index (χ0v) is 11.8. The summed E-state index contributed by atoms with van der Waals surface area (Å²) in [6.45, 7) is 4.59. The van der Waals surface area contributed by atoms with Gasteiger partial charge in [0.05, 0.1) is 5.56 Å². The summed E-state index contributed by atoms with van der Waals surface area (Å²) in [7, 11) is 0. The molecule has 106 valence electrons. The quantitative estimate of drug-likeness (QED) is 0.875. The molecular weight excluding hydrogens is 252 g/mol. The Kier molecular flexibility index (Phi) is 3.85. The fourth-order valence-electron chi connectivity index (χ4n) is 2.78. The molecule has 0 unspecified atom stereocenters. The van der Waals surface area contributed by atoms with Crippen LogP contribution in [0.3, 0.4) is 0 Å². The van der Waals surface area contributed by atoms with Gasteiger partial charge in [-0.05, 0) is 43.4 Å². The third kappa shape index (κ3) is 2.92.